The van der Waals surface area contributed by atoms with Crippen molar-refractivity contribution in [2.45, 2.75) is 50.5 Å². The molecule has 2 aromatic carbocycles. The van der Waals surface area contributed by atoms with Gasteiger partial charge in [0, 0.05) is 43.2 Å². The number of sulfonamides is 1. The number of rotatable bonds is 7. The molecule has 40 heavy (non-hydrogen) atoms. The van der Waals surface area contributed by atoms with Crippen LogP contribution < -0.4 is 11.1 Å². The zero-order valence-corrected chi connectivity index (χ0v) is 24.8. The van der Waals surface area contributed by atoms with E-state index >= 15 is 0 Å². The molecular weight excluding hydrogens is 572 g/mol. The monoisotopic (exact) mass is 604 g/mol. The van der Waals surface area contributed by atoms with Crippen molar-refractivity contribution in [2.75, 3.05) is 25.0 Å². The highest BCUT2D eigenvalue weighted by molar-refractivity contribution is 7.89. The first-order chi connectivity index (χ1) is 18.6. The number of primary amides is 1. The molecule has 2 aliphatic rings. The van der Waals surface area contributed by atoms with Gasteiger partial charge in [-0.1, -0.05) is 30.3 Å². The Hall–Kier alpha value is -2.80. The second kappa shape index (κ2) is 12.4. The third-order valence-corrected chi connectivity index (χ3v) is 9.98. The van der Waals surface area contributed by atoms with Crippen molar-refractivity contribution in [1.29, 1.82) is 0 Å². The predicted octanol–water partition coefficient (Wildman–Crippen LogP) is 3.88. The molecule has 3 heterocycles. The van der Waals surface area contributed by atoms with Gasteiger partial charge in [-0.25, -0.2) is 8.42 Å². The first-order valence-electron chi connectivity index (χ1n) is 12.9. The Bertz CT molecular complexity index is 1470. The topological polar surface area (TPSA) is 122 Å². The summed E-state index contributed by atoms with van der Waals surface area (Å²) in [4.78, 5) is 28.9. The summed E-state index contributed by atoms with van der Waals surface area (Å²) in [5.74, 6) is -1.01. The van der Waals surface area contributed by atoms with Crippen LogP contribution in [0.3, 0.4) is 0 Å². The third-order valence-electron chi connectivity index (χ3n) is 7.00. The Kier molecular flexibility index (Phi) is 9.33. The lowest BCUT2D eigenvalue weighted by Crippen LogP contribution is -2.48. The van der Waals surface area contributed by atoms with Crippen molar-refractivity contribution < 1.29 is 22.7 Å². The van der Waals surface area contributed by atoms with Crippen LogP contribution in [0.25, 0.3) is 0 Å². The molecule has 0 radical (unpaired) electrons. The number of fused-ring (bicyclic) bond motifs is 1. The van der Waals surface area contributed by atoms with Crippen LogP contribution in [-0.4, -0.2) is 61.3 Å². The number of benzene rings is 2. The maximum Gasteiger partial charge on any atom is 0.256 e. The molecule has 5 rings (SSSR count). The second-order valence-electron chi connectivity index (χ2n) is 10.1. The van der Waals surface area contributed by atoms with Crippen molar-refractivity contribution in [3.8, 4) is 0 Å². The fourth-order valence-corrected chi connectivity index (χ4v) is 8.09. The summed E-state index contributed by atoms with van der Waals surface area (Å²) in [6.07, 6.45) is 0.267. The highest BCUT2D eigenvalue weighted by atomic mass is 35.5. The van der Waals surface area contributed by atoms with Gasteiger partial charge in [0.15, 0.2) is 0 Å². The highest BCUT2D eigenvalue weighted by Gasteiger charge is 2.32. The van der Waals surface area contributed by atoms with E-state index in [1.807, 2.05) is 32.0 Å². The molecular formula is C28H33ClN4O5S2. The van der Waals surface area contributed by atoms with Gasteiger partial charge in [-0.2, -0.15) is 4.31 Å². The number of amides is 2. The number of halogens is 1. The Morgan fingerprint density at radius 3 is 2.33 bits per heavy atom. The molecule has 3 N–H and O–H groups in total. The van der Waals surface area contributed by atoms with Crippen LogP contribution in [0.15, 0.2) is 59.5 Å². The summed E-state index contributed by atoms with van der Waals surface area (Å²) in [6.45, 7) is 6.47. The predicted molar refractivity (Wildman–Crippen MR) is 158 cm³/mol. The summed E-state index contributed by atoms with van der Waals surface area (Å²) in [7, 11) is -3.72. The number of anilines is 1. The van der Waals surface area contributed by atoms with Crippen molar-refractivity contribution in [3.63, 3.8) is 0 Å². The minimum atomic E-state index is -3.72. The van der Waals surface area contributed by atoms with Gasteiger partial charge in [0.25, 0.3) is 11.8 Å². The first kappa shape index (κ1) is 30.2. The van der Waals surface area contributed by atoms with Crippen LogP contribution in [0.2, 0.25) is 0 Å². The zero-order chi connectivity index (χ0) is 27.7. The van der Waals surface area contributed by atoms with E-state index in [1.165, 1.54) is 45.5 Å². The summed E-state index contributed by atoms with van der Waals surface area (Å²) in [6, 6.07) is 16.0. The van der Waals surface area contributed by atoms with Crippen molar-refractivity contribution >= 4 is 50.6 Å². The summed E-state index contributed by atoms with van der Waals surface area (Å²) < 4.78 is 33.3. The Labute approximate surface area is 244 Å². The molecule has 9 nitrogen and oxygen atoms in total. The summed E-state index contributed by atoms with van der Waals surface area (Å²) in [5.41, 5.74) is 8.48. The molecule has 1 fully saturated rings. The lowest BCUT2D eigenvalue weighted by molar-refractivity contribution is -0.0440. The van der Waals surface area contributed by atoms with Crippen LogP contribution in [-0.2, 0) is 34.3 Å². The van der Waals surface area contributed by atoms with Gasteiger partial charge in [0.1, 0.15) is 5.00 Å². The van der Waals surface area contributed by atoms with Gasteiger partial charge in [-0.05, 0) is 55.7 Å². The Morgan fingerprint density at radius 2 is 1.70 bits per heavy atom. The maximum atomic E-state index is 13.1. The van der Waals surface area contributed by atoms with E-state index in [9.17, 15) is 18.0 Å². The van der Waals surface area contributed by atoms with E-state index in [2.05, 4.69) is 22.3 Å². The minimum Gasteiger partial charge on any atom is -0.373 e. The Morgan fingerprint density at radius 1 is 1.05 bits per heavy atom. The molecule has 2 unspecified atom stereocenters. The van der Waals surface area contributed by atoms with Gasteiger partial charge in [0.05, 0.1) is 22.7 Å². The van der Waals surface area contributed by atoms with Gasteiger partial charge >= 0.3 is 0 Å². The number of hydrogen-bond donors (Lipinski definition) is 2. The van der Waals surface area contributed by atoms with E-state index in [4.69, 9.17) is 10.5 Å². The molecule has 12 heteroatoms. The maximum absolute atomic E-state index is 13.1. The molecule has 2 aliphatic heterocycles. The minimum absolute atomic E-state index is 0. The van der Waals surface area contributed by atoms with E-state index < -0.39 is 21.8 Å². The summed E-state index contributed by atoms with van der Waals surface area (Å²) in [5, 5.41) is 3.27. The van der Waals surface area contributed by atoms with Gasteiger partial charge in [0.2, 0.25) is 10.0 Å². The first-order valence-corrected chi connectivity index (χ1v) is 15.1. The Balaban J connectivity index is 0.00000370. The number of nitrogens with one attached hydrogen (secondary N) is 1. The lowest BCUT2D eigenvalue weighted by Gasteiger charge is -2.34. The van der Waals surface area contributed by atoms with Crippen LogP contribution >= 0.6 is 23.7 Å². The number of carbonyl (C=O) groups is 2. The van der Waals surface area contributed by atoms with Gasteiger partial charge < -0.3 is 15.8 Å². The average molecular weight is 605 g/mol. The van der Waals surface area contributed by atoms with E-state index in [0.717, 1.165) is 23.5 Å². The molecule has 0 bridgehead atoms. The molecule has 1 saturated heterocycles. The van der Waals surface area contributed by atoms with Crippen LogP contribution in [0.5, 0.6) is 0 Å². The number of nitrogens with zero attached hydrogens (tertiary/aromatic N) is 2. The van der Waals surface area contributed by atoms with Crippen LogP contribution in [0.1, 0.15) is 50.6 Å². The molecule has 0 aliphatic carbocycles. The van der Waals surface area contributed by atoms with Crippen molar-refractivity contribution in [3.05, 3.63) is 81.7 Å². The highest BCUT2D eigenvalue weighted by Crippen LogP contribution is 2.37. The number of nitrogens with two attached hydrogens (primary N) is 1. The third kappa shape index (κ3) is 6.40. The number of ether oxygens (including phenoxy) is 1. The quantitative estimate of drug-likeness (QED) is 0.422. The SMILES string of the molecule is CC1CN(S(=O)(=O)c2ccc(C(=O)Nc3sc4c(c3C(N)=O)CCN(Cc3ccccc3)C4)cc2)CC(C)O1.Cl. The summed E-state index contributed by atoms with van der Waals surface area (Å²) >= 11 is 1.37. The molecule has 0 spiro atoms. The van der Waals surface area contributed by atoms with Crippen molar-refractivity contribution in [2.24, 2.45) is 5.73 Å². The van der Waals surface area contributed by atoms with Crippen LogP contribution in [0.4, 0.5) is 5.00 Å². The number of carbonyl (C=O) groups excluding carboxylic acids is 2. The number of thiophene rings is 1. The standard InChI is InChI=1S/C28H32N4O5S2.ClH/c1-18-14-32(15-19(2)37-18)39(35,36)22-10-8-21(9-11-22)27(34)30-28-25(26(29)33)23-12-13-31(17-24(23)38-28)16-20-6-4-3-5-7-20;/h3-11,18-19H,12-17H2,1-2H3,(H2,29,33)(H,30,34);1H. The molecule has 2 amide bonds. The van der Waals surface area contributed by atoms with E-state index in [0.29, 0.717) is 23.5 Å². The molecule has 2 atom stereocenters. The fourth-order valence-electron chi connectivity index (χ4n) is 5.21. The normalized spacial score (nSPS) is 19.9. The van der Waals surface area contributed by atoms with E-state index in [1.54, 1.807) is 0 Å². The molecule has 0 saturated carbocycles. The smallest absolute Gasteiger partial charge is 0.256 e. The average Bonchev–Trinajstić information content (AvgIpc) is 3.26. The van der Waals surface area contributed by atoms with Crippen LogP contribution in [0, 0.1) is 0 Å². The van der Waals surface area contributed by atoms with Gasteiger partial charge in [-0.15, -0.1) is 23.7 Å². The molecule has 3 aromatic rings. The molecule has 1 aromatic heterocycles. The second-order valence-corrected chi connectivity index (χ2v) is 13.1. The van der Waals surface area contributed by atoms with Crippen molar-refractivity contribution in [1.82, 2.24) is 9.21 Å². The molecule has 214 valence electrons. The fraction of sp³-hybridized carbons (Fsp3) is 0.357. The van der Waals surface area contributed by atoms with Gasteiger partial charge in [-0.3, -0.25) is 14.5 Å². The van der Waals surface area contributed by atoms with E-state index in [-0.39, 0.29) is 48.2 Å². The number of hydrogen-bond acceptors (Lipinski definition) is 7. The number of morpholine rings is 1. The zero-order valence-electron chi connectivity index (χ0n) is 22.3. The largest absolute Gasteiger partial charge is 0.373 e. The lowest BCUT2D eigenvalue weighted by atomic mass is 10.0.